The Hall–Kier alpha value is -1.97. The number of hydrogen-bond acceptors (Lipinski definition) is 7. The topological polar surface area (TPSA) is 84.4 Å². The van der Waals surface area contributed by atoms with Crippen LogP contribution in [-0.4, -0.2) is 44.8 Å². The molecule has 2 aliphatic rings. The number of benzene rings is 1. The maximum Gasteiger partial charge on any atom is 0.256 e. The molecule has 9 heteroatoms. The number of thioether (sulfide) groups is 1. The number of aromatic nitrogens is 2. The summed E-state index contributed by atoms with van der Waals surface area (Å²) >= 11 is 2.91. The first-order chi connectivity index (χ1) is 12.4. The minimum atomic E-state index is -0.591. The lowest BCUT2D eigenvalue weighted by molar-refractivity contribution is -0.121. The Morgan fingerprint density at radius 3 is 2.88 bits per heavy atom. The van der Waals surface area contributed by atoms with Crippen molar-refractivity contribution >= 4 is 40.0 Å². The van der Waals surface area contributed by atoms with E-state index in [1.807, 2.05) is 38.1 Å². The number of methoxy groups -OCH3 is 1. The van der Waals surface area contributed by atoms with Gasteiger partial charge >= 0.3 is 0 Å². The van der Waals surface area contributed by atoms with Crippen LogP contribution >= 0.6 is 23.1 Å². The molecule has 2 amide bonds. The number of amides is 2. The Morgan fingerprint density at radius 1 is 1.35 bits per heavy atom. The van der Waals surface area contributed by atoms with Gasteiger partial charge in [-0.1, -0.05) is 29.5 Å². The van der Waals surface area contributed by atoms with Crippen molar-refractivity contribution in [3.8, 4) is 0 Å². The fourth-order valence-electron chi connectivity index (χ4n) is 3.46. The van der Waals surface area contributed by atoms with Gasteiger partial charge in [0.05, 0.1) is 0 Å². The lowest BCUT2D eigenvalue weighted by Gasteiger charge is -2.29. The van der Waals surface area contributed by atoms with Gasteiger partial charge in [-0.25, -0.2) is 0 Å². The number of carbonyl (C=O) groups excluding carboxylic acids is 2. The van der Waals surface area contributed by atoms with Gasteiger partial charge in [0.2, 0.25) is 11.0 Å². The number of anilines is 1. The zero-order valence-electron chi connectivity index (χ0n) is 14.6. The Balaban J connectivity index is 1.61. The SMILES string of the molecule is COCc1nnc(NC(=O)[C@H]2N3C(=O)c4ccccc4[C@H]3SC2(C)C)s1. The molecule has 0 unspecified atom stereocenters. The molecule has 2 aromatic rings. The second kappa shape index (κ2) is 6.33. The van der Waals surface area contributed by atoms with E-state index >= 15 is 0 Å². The number of nitrogens with one attached hydrogen (secondary N) is 1. The molecule has 1 N–H and O–H groups in total. The van der Waals surface area contributed by atoms with E-state index in [2.05, 4.69) is 15.5 Å². The van der Waals surface area contributed by atoms with E-state index in [9.17, 15) is 9.59 Å². The van der Waals surface area contributed by atoms with Crippen molar-refractivity contribution in [3.05, 3.63) is 40.4 Å². The van der Waals surface area contributed by atoms with Crippen molar-refractivity contribution in [2.45, 2.75) is 36.6 Å². The molecular weight excluding hydrogens is 372 g/mol. The summed E-state index contributed by atoms with van der Waals surface area (Å²) in [7, 11) is 1.58. The van der Waals surface area contributed by atoms with Crippen LogP contribution in [-0.2, 0) is 16.1 Å². The van der Waals surface area contributed by atoms with Crippen LogP contribution in [0.15, 0.2) is 24.3 Å². The van der Waals surface area contributed by atoms with E-state index in [0.717, 1.165) is 5.56 Å². The summed E-state index contributed by atoms with van der Waals surface area (Å²) in [6.07, 6.45) is 0. The highest BCUT2D eigenvalue weighted by molar-refractivity contribution is 8.01. The molecule has 136 valence electrons. The number of nitrogens with zero attached hydrogens (tertiary/aromatic N) is 3. The van der Waals surface area contributed by atoms with Crippen LogP contribution in [0.1, 0.15) is 40.2 Å². The van der Waals surface area contributed by atoms with Crippen LogP contribution in [0.3, 0.4) is 0 Å². The molecule has 0 spiro atoms. The van der Waals surface area contributed by atoms with E-state index in [4.69, 9.17) is 4.74 Å². The van der Waals surface area contributed by atoms with E-state index in [0.29, 0.717) is 22.3 Å². The fourth-order valence-corrected chi connectivity index (χ4v) is 5.77. The van der Waals surface area contributed by atoms with Crippen molar-refractivity contribution < 1.29 is 14.3 Å². The minimum absolute atomic E-state index is 0.0961. The van der Waals surface area contributed by atoms with Crippen molar-refractivity contribution in [2.24, 2.45) is 0 Å². The standard InChI is InChI=1S/C17H18N4O3S2/c1-17(2)12(13(22)18-16-20-19-11(25-16)8-24-3)21-14(23)9-6-4-5-7-10(9)15(21)26-17/h4-7,12,15H,8H2,1-3H3,(H,18,20,22)/t12-,15-/m1/s1. The average Bonchev–Trinajstić information content (AvgIpc) is 3.22. The summed E-state index contributed by atoms with van der Waals surface area (Å²) in [5, 5.41) is 11.7. The summed E-state index contributed by atoms with van der Waals surface area (Å²) < 4.78 is 4.61. The second-order valence-electron chi connectivity index (χ2n) is 6.70. The smallest absolute Gasteiger partial charge is 0.256 e. The lowest BCUT2D eigenvalue weighted by Crippen LogP contribution is -2.50. The van der Waals surface area contributed by atoms with E-state index in [1.165, 1.54) is 11.3 Å². The second-order valence-corrected chi connectivity index (χ2v) is 9.50. The maximum atomic E-state index is 13.0. The molecule has 7 nitrogen and oxygen atoms in total. The van der Waals surface area contributed by atoms with Gasteiger partial charge in [-0.3, -0.25) is 14.9 Å². The summed E-state index contributed by atoms with van der Waals surface area (Å²) in [6, 6.07) is 6.97. The molecule has 2 atom stereocenters. The van der Waals surface area contributed by atoms with E-state index in [-0.39, 0.29) is 17.2 Å². The van der Waals surface area contributed by atoms with Gasteiger partial charge in [-0.15, -0.1) is 22.0 Å². The third-order valence-electron chi connectivity index (χ3n) is 4.51. The molecule has 0 saturated carbocycles. The number of ether oxygens (including phenoxy) is 1. The molecular formula is C17H18N4O3S2. The van der Waals surface area contributed by atoms with E-state index < -0.39 is 10.8 Å². The largest absolute Gasteiger partial charge is 0.377 e. The Kier molecular flexibility index (Phi) is 4.25. The summed E-state index contributed by atoms with van der Waals surface area (Å²) in [4.78, 5) is 27.6. The molecule has 0 aliphatic carbocycles. The van der Waals surface area contributed by atoms with Crippen LogP contribution in [0.5, 0.6) is 0 Å². The number of rotatable bonds is 4. The molecule has 0 radical (unpaired) electrons. The highest BCUT2D eigenvalue weighted by Crippen LogP contribution is 2.56. The predicted molar refractivity (Wildman–Crippen MR) is 100 cm³/mol. The average molecular weight is 390 g/mol. The van der Waals surface area contributed by atoms with Gasteiger partial charge in [0.15, 0.2) is 0 Å². The van der Waals surface area contributed by atoms with Gasteiger partial charge < -0.3 is 9.64 Å². The van der Waals surface area contributed by atoms with Crippen LogP contribution < -0.4 is 5.32 Å². The van der Waals surface area contributed by atoms with Crippen molar-refractivity contribution in [1.29, 1.82) is 0 Å². The Bertz CT molecular complexity index is 882. The molecule has 1 aromatic heterocycles. The number of hydrogen-bond donors (Lipinski definition) is 1. The van der Waals surface area contributed by atoms with Gasteiger partial charge in [0, 0.05) is 17.4 Å². The fraction of sp³-hybridized carbons (Fsp3) is 0.412. The summed E-state index contributed by atoms with van der Waals surface area (Å²) in [5.41, 5.74) is 1.65. The highest BCUT2D eigenvalue weighted by atomic mass is 32.2. The molecule has 1 fully saturated rings. The van der Waals surface area contributed by atoms with Gasteiger partial charge in [0.25, 0.3) is 5.91 Å². The molecule has 4 rings (SSSR count). The predicted octanol–water partition coefficient (Wildman–Crippen LogP) is 2.67. The molecule has 26 heavy (non-hydrogen) atoms. The van der Waals surface area contributed by atoms with Crippen LogP contribution in [0.4, 0.5) is 5.13 Å². The Morgan fingerprint density at radius 2 is 2.12 bits per heavy atom. The van der Waals surface area contributed by atoms with Crippen molar-refractivity contribution in [1.82, 2.24) is 15.1 Å². The number of fused-ring (bicyclic) bond motifs is 3. The normalized spacial score (nSPS) is 23.0. The van der Waals surface area contributed by atoms with Crippen LogP contribution in [0, 0.1) is 0 Å². The summed E-state index contributed by atoms with van der Waals surface area (Å²) in [6.45, 7) is 4.33. The molecule has 0 bridgehead atoms. The van der Waals surface area contributed by atoms with Crippen LogP contribution in [0.2, 0.25) is 0 Å². The summed E-state index contributed by atoms with van der Waals surface area (Å²) in [5.74, 6) is -0.340. The number of carbonyl (C=O) groups is 2. The first kappa shape index (κ1) is 17.4. The lowest BCUT2D eigenvalue weighted by atomic mass is 10.0. The first-order valence-corrected chi connectivity index (χ1v) is 9.83. The van der Waals surface area contributed by atoms with Gasteiger partial charge in [0.1, 0.15) is 23.0 Å². The first-order valence-electron chi connectivity index (χ1n) is 8.14. The third-order valence-corrected chi connectivity index (χ3v) is 6.86. The van der Waals surface area contributed by atoms with Gasteiger partial charge in [-0.05, 0) is 25.5 Å². The molecule has 1 saturated heterocycles. The molecule has 1 aromatic carbocycles. The molecule has 3 heterocycles. The molecule has 2 aliphatic heterocycles. The third kappa shape index (κ3) is 2.70. The minimum Gasteiger partial charge on any atom is -0.377 e. The zero-order chi connectivity index (χ0) is 18.5. The van der Waals surface area contributed by atoms with Crippen molar-refractivity contribution in [3.63, 3.8) is 0 Å². The van der Waals surface area contributed by atoms with Crippen LogP contribution in [0.25, 0.3) is 0 Å². The monoisotopic (exact) mass is 390 g/mol. The van der Waals surface area contributed by atoms with E-state index in [1.54, 1.807) is 23.8 Å². The zero-order valence-corrected chi connectivity index (χ0v) is 16.2. The van der Waals surface area contributed by atoms with Gasteiger partial charge in [-0.2, -0.15) is 0 Å². The van der Waals surface area contributed by atoms with Crippen molar-refractivity contribution in [2.75, 3.05) is 12.4 Å². The Labute approximate surface area is 159 Å². The quantitative estimate of drug-likeness (QED) is 0.864. The maximum absolute atomic E-state index is 13.0. The highest BCUT2D eigenvalue weighted by Gasteiger charge is 2.57.